The van der Waals surface area contributed by atoms with Crippen LogP contribution in [-0.2, 0) is 16.0 Å². The van der Waals surface area contributed by atoms with Gasteiger partial charge in [-0.05, 0) is 38.8 Å². The summed E-state index contributed by atoms with van der Waals surface area (Å²) in [6, 6.07) is 1.29. The van der Waals surface area contributed by atoms with Gasteiger partial charge in [0.05, 0.1) is 11.5 Å². The number of thiophene rings is 1. The van der Waals surface area contributed by atoms with E-state index in [1.807, 2.05) is 13.0 Å². The van der Waals surface area contributed by atoms with E-state index in [1.165, 1.54) is 16.9 Å². The van der Waals surface area contributed by atoms with Crippen LogP contribution in [0.3, 0.4) is 0 Å². The van der Waals surface area contributed by atoms with Gasteiger partial charge in [0, 0.05) is 4.88 Å². The fourth-order valence-electron chi connectivity index (χ4n) is 1.74. The lowest BCUT2D eigenvalue weighted by molar-refractivity contribution is -0.144. The van der Waals surface area contributed by atoms with Crippen LogP contribution < -0.4 is 5.32 Å². The minimum Gasteiger partial charge on any atom is -0.464 e. The predicted octanol–water partition coefficient (Wildman–Crippen LogP) is 2.69. The fraction of sp³-hybridized carbons (Fsp3) is 0.571. The summed E-state index contributed by atoms with van der Waals surface area (Å²) in [5.41, 5.74) is 1.21. The van der Waals surface area contributed by atoms with Crippen molar-refractivity contribution in [3.63, 3.8) is 0 Å². The van der Waals surface area contributed by atoms with Crippen molar-refractivity contribution in [3.8, 4) is 0 Å². The average Bonchev–Trinajstić information content (AvgIpc) is 2.72. The van der Waals surface area contributed by atoms with Gasteiger partial charge < -0.3 is 10.1 Å². The molecule has 0 aromatic carbocycles. The van der Waals surface area contributed by atoms with Crippen molar-refractivity contribution < 1.29 is 14.3 Å². The summed E-state index contributed by atoms with van der Waals surface area (Å²) in [6.45, 7) is 7.81. The number of amides is 1. The average molecular weight is 283 g/mol. The molecule has 1 rings (SSSR count). The summed E-state index contributed by atoms with van der Waals surface area (Å²) in [7, 11) is 0. The molecule has 1 heterocycles. The number of aryl methyl sites for hydroxylation is 2. The van der Waals surface area contributed by atoms with Gasteiger partial charge >= 0.3 is 5.97 Å². The standard InChI is InChI=1S/C14H21NO3S/c1-5-7-11-8-12(19-10(11)4)13(16)15-9(3)14(17)18-6-2/h8-9H,5-7H2,1-4H3,(H,15,16). The SMILES string of the molecule is CCCc1cc(C(=O)NC(C)C(=O)OCC)sc1C. The molecule has 1 unspecified atom stereocenters. The number of carbonyl (C=O) groups is 2. The highest BCUT2D eigenvalue weighted by Gasteiger charge is 2.19. The molecule has 0 bridgehead atoms. The Morgan fingerprint density at radius 1 is 1.42 bits per heavy atom. The second kappa shape index (κ2) is 7.28. The van der Waals surface area contributed by atoms with E-state index in [2.05, 4.69) is 12.2 Å². The molecule has 1 aromatic heterocycles. The number of ether oxygens (including phenoxy) is 1. The molecule has 1 atom stereocenters. The van der Waals surface area contributed by atoms with Crippen LogP contribution in [0.2, 0.25) is 0 Å². The first-order valence-corrected chi connectivity index (χ1v) is 7.38. The highest BCUT2D eigenvalue weighted by molar-refractivity contribution is 7.14. The molecule has 0 aliphatic heterocycles. The van der Waals surface area contributed by atoms with Crippen LogP contribution in [0.1, 0.15) is 47.3 Å². The summed E-state index contributed by atoms with van der Waals surface area (Å²) in [4.78, 5) is 25.3. The lowest BCUT2D eigenvalue weighted by atomic mass is 10.1. The van der Waals surface area contributed by atoms with Crippen LogP contribution >= 0.6 is 11.3 Å². The molecule has 0 aliphatic carbocycles. The summed E-state index contributed by atoms with van der Waals surface area (Å²) in [5, 5.41) is 2.66. The first-order valence-electron chi connectivity index (χ1n) is 6.56. The van der Waals surface area contributed by atoms with Gasteiger partial charge in [-0.15, -0.1) is 11.3 Å². The molecular formula is C14H21NO3S. The predicted molar refractivity (Wildman–Crippen MR) is 76.6 cm³/mol. The Hall–Kier alpha value is -1.36. The Morgan fingerprint density at radius 2 is 2.11 bits per heavy atom. The Kier molecular flexibility index (Phi) is 6.02. The summed E-state index contributed by atoms with van der Waals surface area (Å²) in [6.07, 6.45) is 2.03. The largest absolute Gasteiger partial charge is 0.464 e. The zero-order valence-electron chi connectivity index (χ0n) is 11.9. The smallest absolute Gasteiger partial charge is 0.328 e. The third kappa shape index (κ3) is 4.35. The molecule has 0 spiro atoms. The van der Waals surface area contributed by atoms with Crippen molar-refractivity contribution in [2.45, 2.75) is 46.6 Å². The molecule has 19 heavy (non-hydrogen) atoms. The van der Waals surface area contributed by atoms with Crippen LogP contribution in [-0.4, -0.2) is 24.5 Å². The fourth-order valence-corrected chi connectivity index (χ4v) is 2.72. The number of rotatable bonds is 6. The van der Waals surface area contributed by atoms with Gasteiger partial charge in [-0.25, -0.2) is 4.79 Å². The Balaban J connectivity index is 2.67. The van der Waals surface area contributed by atoms with E-state index in [-0.39, 0.29) is 5.91 Å². The number of hydrogen-bond acceptors (Lipinski definition) is 4. The first kappa shape index (κ1) is 15.7. The summed E-state index contributed by atoms with van der Waals surface area (Å²) in [5.74, 6) is -0.617. The van der Waals surface area contributed by atoms with Crippen molar-refractivity contribution in [2.75, 3.05) is 6.61 Å². The maximum Gasteiger partial charge on any atom is 0.328 e. The zero-order chi connectivity index (χ0) is 14.4. The topological polar surface area (TPSA) is 55.4 Å². The first-order chi connectivity index (χ1) is 8.99. The van der Waals surface area contributed by atoms with Crippen LogP contribution in [0.5, 0.6) is 0 Å². The van der Waals surface area contributed by atoms with Gasteiger partial charge in [0.25, 0.3) is 5.91 Å². The van der Waals surface area contributed by atoms with Crippen LogP contribution in [0.15, 0.2) is 6.07 Å². The molecule has 0 fully saturated rings. The lowest BCUT2D eigenvalue weighted by Crippen LogP contribution is -2.39. The van der Waals surface area contributed by atoms with Gasteiger partial charge in [-0.3, -0.25) is 4.79 Å². The molecular weight excluding hydrogens is 262 g/mol. The van der Waals surface area contributed by atoms with E-state index < -0.39 is 12.0 Å². The van der Waals surface area contributed by atoms with Crippen LogP contribution in [0.4, 0.5) is 0 Å². The summed E-state index contributed by atoms with van der Waals surface area (Å²) < 4.78 is 4.86. The number of hydrogen-bond donors (Lipinski definition) is 1. The van der Waals surface area contributed by atoms with E-state index in [4.69, 9.17) is 4.74 Å². The maximum absolute atomic E-state index is 12.0. The van der Waals surface area contributed by atoms with E-state index in [0.717, 1.165) is 17.7 Å². The van der Waals surface area contributed by atoms with Gasteiger partial charge in [-0.1, -0.05) is 13.3 Å². The zero-order valence-corrected chi connectivity index (χ0v) is 12.7. The van der Waals surface area contributed by atoms with E-state index in [0.29, 0.717) is 11.5 Å². The van der Waals surface area contributed by atoms with E-state index >= 15 is 0 Å². The van der Waals surface area contributed by atoms with Gasteiger partial charge in [0.15, 0.2) is 0 Å². The van der Waals surface area contributed by atoms with Crippen LogP contribution in [0, 0.1) is 6.92 Å². The monoisotopic (exact) mass is 283 g/mol. The molecule has 0 radical (unpaired) electrons. The van der Waals surface area contributed by atoms with Gasteiger partial charge in [0.2, 0.25) is 0 Å². The van der Waals surface area contributed by atoms with Crippen molar-refractivity contribution in [1.82, 2.24) is 5.32 Å². The maximum atomic E-state index is 12.0. The molecule has 1 N–H and O–H groups in total. The van der Waals surface area contributed by atoms with Crippen LogP contribution in [0.25, 0.3) is 0 Å². The molecule has 0 saturated carbocycles. The second-order valence-corrected chi connectivity index (χ2v) is 5.65. The Labute approximate surface area is 118 Å². The van der Waals surface area contributed by atoms with Gasteiger partial charge in [0.1, 0.15) is 6.04 Å². The van der Waals surface area contributed by atoms with Crippen molar-refractivity contribution in [1.29, 1.82) is 0 Å². The van der Waals surface area contributed by atoms with Crippen molar-refractivity contribution >= 4 is 23.2 Å². The second-order valence-electron chi connectivity index (χ2n) is 4.39. The molecule has 1 aromatic rings. The van der Waals surface area contributed by atoms with Gasteiger partial charge in [-0.2, -0.15) is 0 Å². The highest BCUT2D eigenvalue weighted by Crippen LogP contribution is 2.22. The minimum atomic E-state index is -0.621. The number of nitrogens with one attached hydrogen (secondary N) is 1. The Morgan fingerprint density at radius 3 is 2.68 bits per heavy atom. The molecule has 1 amide bonds. The molecule has 4 nitrogen and oxygen atoms in total. The van der Waals surface area contributed by atoms with Crippen molar-refractivity contribution in [2.24, 2.45) is 0 Å². The Bertz CT molecular complexity index is 454. The lowest BCUT2D eigenvalue weighted by Gasteiger charge is -2.11. The highest BCUT2D eigenvalue weighted by atomic mass is 32.1. The summed E-state index contributed by atoms with van der Waals surface area (Å²) >= 11 is 1.47. The van der Waals surface area contributed by atoms with E-state index in [1.54, 1.807) is 13.8 Å². The number of esters is 1. The van der Waals surface area contributed by atoms with E-state index in [9.17, 15) is 9.59 Å². The normalized spacial score (nSPS) is 12.0. The van der Waals surface area contributed by atoms with Crippen molar-refractivity contribution in [3.05, 3.63) is 21.4 Å². The third-order valence-electron chi connectivity index (χ3n) is 2.75. The molecule has 0 aliphatic rings. The minimum absolute atomic E-state index is 0.212. The third-order valence-corrected chi connectivity index (χ3v) is 3.84. The molecule has 0 saturated heterocycles. The molecule has 106 valence electrons. The quantitative estimate of drug-likeness (QED) is 0.817. The number of carbonyl (C=O) groups excluding carboxylic acids is 2. The molecule has 5 heteroatoms.